The summed E-state index contributed by atoms with van der Waals surface area (Å²) < 4.78 is 13.9. The maximum absolute atomic E-state index is 11.7. The molecule has 0 saturated carbocycles. The van der Waals surface area contributed by atoms with Crippen LogP contribution in [0, 0.1) is 0 Å². The zero-order chi connectivity index (χ0) is 15.8. The van der Waals surface area contributed by atoms with Crippen LogP contribution in [0.1, 0.15) is 33.8 Å². The lowest BCUT2D eigenvalue weighted by Gasteiger charge is -2.11. The van der Waals surface area contributed by atoms with Crippen molar-refractivity contribution in [2.75, 3.05) is 13.2 Å². The highest BCUT2D eigenvalue weighted by atomic mass is 16.6. The lowest BCUT2D eigenvalue weighted by molar-refractivity contribution is -0.0789. The van der Waals surface area contributed by atoms with E-state index in [-0.39, 0.29) is 25.0 Å². The minimum Gasteiger partial charge on any atom is -0.456 e. The highest BCUT2D eigenvalue weighted by Crippen LogP contribution is 2.15. The molecule has 0 amide bonds. The van der Waals surface area contributed by atoms with Crippen molar-refractivity contribution in [1.82, 2.24) is 0 Å². The Kier molecular flexibility index (Phi) is 6.82. The lowest BCUT2D eigenvalue weighted by atomic mass is 10.2. The van der Waals surface area contributed by atoms with Gasteiger partial charge in [-0.3, -0.25) is 0 Å². The third-order valence-electron chi connectivity index (χ3n) is 2.31. The molecule has 0 aromatic carbocycles. The molecular formula is C12H16O9. The summed E-state index contributed by atoms with van der Waals surface area (Å²) >= 11 is 0. The van der Waals surface area contributed by atoms with Gasteiger partial charge in [-0.15, -0.1) is 0 Å². The number of aliphatic hydroxyl groups is 4. The second kappa shape index (κ2) is 8.37. The van der Waals surface area contributed by atoms with E-state index in [0.29, 0.717) is 0 Å². The topological polar surface area (TPSA) is 147 Å². The molecule has 9 nitrogen and oxygen atoms in total. The number of hydrogen-bond acceptors (Lipinski definition) is 9. The van der Waals surface area contributed by atoms with Crippen LogP contribution >= 0.6 is 0 Å². The number of aliphatic hydroxyl groups excluding tert-OH is 4. The zero-order valence-electron chi connectivity index (χ0n) is 11.0. The van der Waals surface area contributed by atoms with Gasteiger partial charge in [0.05, 0.1) is 6.26 Å². The van der Waals surface area contributed by atoms with Gasteiger partial charge in [0.1, 0.15) is 5.56 Å². The van der Waals surface area contributed by atoms with E-state index in [9.17, 15) is 19.8 Å². The van der Waals surface area contributed by atoms with E-state index in [0.717, 1.165) is 12.3 Å². The Bertz CT molecular complexity index is 427. The van der Waals surface area contributed by atoms with Gasteiger partial charge >= 0.3 is 11.9 Å². The molecular weight excluding hydrogens is 288 g/mol. The molecule has 0 spiro atoms. The first-order valence-electron chi connectivity index (χ1n) is 6.07. The molecule has 0 bridgehead atoms. The number of carbonyl (C=O) groups excluding carboxylic acids is 2. The van der Waals surface area contributed by atoms with Crippen LogP contribution in [0.2, 0.25) is 0 Å². The summed E-state index contributed by atoms with van der Waals surface area (Å²) in [4.78, 5) is 23.4. The Morgan fingerprint density at radius 3 is 2.10 bits per heavy atom. The third kappa shape index (κ3) is 5.16. The summed E-state index contributed by atoms with van der Waals surface area (Å²) in [6, 6.07) is 1.13. The maximum atomic E-state index is 11.7. The molecule has 21 heavy (non-hydrogen) atoms. The van der Waals surface area contributed by atoms with Gasteiger partial charge in [-0.25, -0.2) is 9.59 Å². The summed E-state index contributed by atoms with van der Waals surface area (Å²) in [5, 5.41) is 35.6. The number of furan rings is 1. The molecule has 118 valence electrons. The van der Waals surface area contributed by atoms with Crippen LogP contribution in [-0.4, -0.2) is 58.2 Å². The van der Waals surface area contributed by atoms with Crippen LogP contribution < -0.4 is 0 Å². The van der Waals surface area contributed by atoms with Gasteiger partial charge in [0, 0.05) is 26.1 Å². The summed E-state index contributed by atoms with van der Waals surface area (Å²) in [6.07, 6.45) is -2.41. The zero-order valence-corrected chi connectivity index (χ0v) is 11.0. The summed E-state index contributed by atoms with van der Waals surface area (Å²) in [6.45, 7) is -0.781. The smallest absolute Gasteiger partial charge is 0.377 e. The van der Waals surface area contributed by atoms with E-state index in [2.05, 4.69) is 9.47 Å². The molecule has 0 aliphatic rings. The first-order valence-corrected chi connectivity index (χ1v) is 6.07. The normalized spacial score (nSPS) is 13.5. The fourth-order valence-electron chi connectivity index (χ4n) is 1.33. The van der Waals surface area contributed by atoms with Crippen molar-refractivity contribution in [3.05, 3.63) is 23.7 Å². The number of carbonyl (C=O) groups is 2. The van der Waals surface area contributed by atoms with Crippen molar-refractivity contribution in [3.8, 4) is 0 Å². The lowest BCUT2D eigenvalue weighted by Crippen LogP contribution is -2.22. The predicted molar refractivity (Wildman–Crippen MR) is 65.0 cm³/mol. The van der Waals surface area contributed by atoms with Crippen LogP contribution in [0.4, 0.5) is 0 Å². The van der Waals surface area contributed by atoms with E-state index in [4.69, 9.17) is 14.6 Å². The van der Waals surface area contributed by atoms with Gasteiger partial charge in [-0.1, -0.05) is 0 Å². The molecule has 0 aliphatic heterocycles. The Morgan fingerprint density at radius 1 is 1.05 bits per heavy atom. The van der Waals surface area contributed by atoms with E-state index < -0.39 is 36.9 Å². The fourth-order valence-corrected chi connectivity index (χ4v) is 1.33. The van der Waals surface area contributed by atoms with Crippen LogP contribution in [0.3, 0.4) is 0 Å². The Balaban J connectivity index is 2.72. The Morgan fingerprint density at radius 2 is 1.57 bits per heavy atom. The highest BCUT2D eigenvalue weighted by molar-refractivity contribution is 6.01. The van der Waals surface area contributed by atoms with Crippen molar-refractivity contribution >= 4 is 11.9 Å². The summed E-state index contributed by atoms with van der Waals surface area (Å²) in [7, 11) is 0. The van der Waals surface area contributed by atoms with Gasteiger partial charge in [0.25, 0.3) is 0 Å². The van der Waals surface area contributed by atoms with E-state index in [1.807, 2.05) is 0 Å². The predicted octanol–water partition coefficient (Wildman–Crippen LogP) is -1.01. The monoisotopic (exact) mass is 304 g/mol. The third-order valence-corrected chi connectivity index (χ3v) is 2.31. The minimum absolute atomic E-state index is 0.182. The average Bonchev–Trinajstić information content (AvgIpc) is 2.88. The molecule has 4 N–H and O–H groups in total. The second-order valence-electron chi connectivity index (χ2n) is 3.91. The van der Waals surface area contributed by atoms with Gasteiger partial charge in [-0.05, 0) is 6.07 Å². The molecule has 0 radical (unpaired) electrons. The van der Waals surface area contributed by atoms with Crippen LogP contribution in [0.5, 0.6) is 0 Å². The average molecular weight is 304 g/mol. The molecule has 1 heterocycles. The molecule has 0 fully saturated rings. The number of ether oxygens (including phenoxy) is 2. The van der Waals surface area contributed by atoms with E-state index in [1.54, 1.807) is 0 Å². The second-order valence-corrected chi connectivity index (χ2v) is 3.91. The van der Waals surface area contributed by atoms with Crippen molar-refractivity contribution < 1.29 is 43.9 Å². The van der Waals surface area contributed by atoms with Crippen LogP contribution in [0.15, 0.2) is 16.7 Å². The number of esters is 2. The first kappa shape index (κ1) is 17.1. The molecule has 0 saturated heterocycles. The van der Waals surface area contributed by atoms with Gasteiger partial charge in [0.15, 0.2) is 0 Å². The van der Waals surface area contributed by atoms with Crippen molar-refractivity contribution in [2.24, 2.45) is 0 Å². The molecule has 1 aromatic rings. The largest absolute Gasteiger partial charge is 0.456 e. The molecule has 1 rings (SSSR count). The number of hydrogen-bond donors (Lipinski definition) is 4. The van der Waals surface area contributed by atoms with E-state index in [1.165, 1.54) is 0 Å². The first-order chi connectivity index (χ1) is 9.99. The SMILES string of the molecule is O=C(OC(O)CCO)c1ccoc1C(=O)OC(O)CCO. The van der Waals surface area contributed by atoms with Gasteiger partial charge in [0.2, 0.25) is 18.3 Å². The molecule has 2 unspecified atom stereocenters. The molecule has 9 heteroatoms. The Labute approximate surface area is 119 Å². The molecule has 2 atom stereocenters. The number of rotatable bonds is 8. The standard InChI is InChI=1S/C12H16O9/c13-4-1-8(15)20-11(17)7-3-6-19-10(7)12(18)21-9(16)2-5-14/h3,6,8-9,13-16H,1-2,4-5H2. The Hall–Kier alpha value is -1.94. The van der Waals surface area contributed by atoms with Gasteiger partial charge < -0.3 is 34.3 Å². The van der Waals surface area contributed by atoms with Crippen molar-refractivity contribution in [3.63, 3.8) is 0 Å². The van der Waals surface area contributed by atoms with E-state index >= 15 is 0 Å². The summed E-state index contributed by atoms with van der Waals surface area (Å²) in [5.74, 6) is -2.67. The molecule has 0 aliphatic carbocycles. The molecule has 1 aromatic heterocycles. The minimum atomic E-state index is -1.54. The summed E-state index contributed by atoms with van der Waals surface area (Å²) in [5.41, 5.74) is -0.298. The van der Waals surface area contributed by atoms with Crippen LogP contribution in [0.25, 0.3) is 0 Å². The van der Waals surface area contributed by atoms with Crippen molar-refractivity contribution in [2.45, 2.75) is 25.4 Å². The fraction of sp³-hybridized carbons (Fsp3) is 0.500. The quantitative estimate of drug-likeness (QED) is 0.350. The highest BCUT2D eigenvalue weighted by Gasteiger charge is 2.26. The maximum Gasteiger partial charge on any atom is 0.377 e. The van der Waals surface area contributed by atoms with Gasteiger partial charge in [-0.2, -0.15) is 0 Å². The van der Waals surface area contributed by atoms with Crippen LogP contribution in [-0.2, 0) is 9.47 Å². The van der Waals surface area contributed by atoms with Crippen molar-refractivity contribution in [1.29, 1.82) is 0 Å².